The van der Waals surface area contributed by atoms with Gasteiger partial charge in [0.1, 0.15) is 17.4 Å². The SMILES string of the molecule is Nc1cc(Oc2cccc(Br)c2)nc(C2CC2)n1. The summed E-state index contributed by atoms with van der Waals surface area (Å²) in [6, 6.07) is 9.25. The highest BCUT2D eigenvalue weighted by atomic mass is 79.9. The molecule has 4 nitrogen and oxygen atoms in total. The van der Waals surface area contributed by atoms with Gasteiger partial charge in [-0.2, -0.15) is 4.98 Å². The molecule has 1 aromatic carbocycles. The molecule has 18 heavy (non-hydrogen) atoms. The fourth-order valence-electron chi connectivity index (χ4n) is 1.69. The fourth-order valence-corrected chi connectivity index (χ4v) is 2.07. The van der Waals surface area contributed by atoms with Crippen LogP contribution in [0.15, 0.2) is 34.8 Å². The number of benzene rings is 1. The number of halogens is 1. The van der Waals surface area contributed by atoms with Crippen molar-refractivity contribution in [3.8, 4) is 11.6 Å². The Morgan fingerprint density at radius 1 is 1.22 bits per heavy atom. The van der Waals surface area contributed by atoms with E-state index in [0.29, 0.717) is 17.6 Å². The maximum atomic E-state index is 5.77. The minimum Gasteiger partial charge on any atom is -0.439 e. The first-order valence-corrected chi connectivity index (χ1v) is 6.58. The van der Waals surface area contributed by atoms with Crippen LogP contribution < -0.4 is 10.5 Å². The zero-order valence-electron chi connectivity index (χ0n) is 9.64. The molecule has 0 unspecified atom stereocenters. The maximum absolute atomic E-state index is 5.77. The highest BCUT2D eigenvalue weighted by Crippen LogP contribution is 2.39. The van der Waals surface area contributed by atoms with E-state index in [-0.39, 0.29) is 0 Å². The van der Waals surface area contributed by atoms with Crippen molar-refractivity contribution < 1.29 is 4.74 Å². The molecule has 1 aliphatic carbocycles. The number of aromatic nitrogens is 2. The van der Waals surface area contributed by atoms with Gasteiger partial charge in [-0.3, -0.25) is 0 Å². The molecule has 2 N–H and O–H groups in total. The predicted molar refractivity (Wildman–Crippen MR) is 72.6 cm³/mol. The van der Waals surface area contributed by atoms with Crippen LogP contribution in [0.2, 0.25) is 0 Å². The summed E-state index contributed by atoms with van der Waals surface area (Å²) in [7, 11) is 0. The van der Waals surface area contributed by atoms with Crippen molar-refractivity contribution >= 4 is 21.7 Å². The van der Waals surface area contributed by atoms with E-state index < -0.39 is 0 Å². The molecule has 1 aromatic heterocycles. The third kappa shape index (κ3) is 2.61. The predicted octanol–water partition coefficient (Wildman–Crippen LogP) is 3.49. The Bertz CT molecular complexity index is 584. The number of hydrogen-bond donors (Lipinski definition) is 1. The Labute approximate surface area is 113 Å². The number of nitrogen functional groups attached to an aromatic ring is 1. The van der Waals surface area contributed by atoms with Crippen LogP contribution in [0.4, 0.5) is 5.82 Å². The largest absolute Gasteiger partial charge is 0.439 e. The maximum Gasteiger partial charge on any atom is 0.224 e. The van der Waals surface area contributed by atoms with Crippen LogP contribution in [0, 0.1) is 0 Å². The molecule has 1 fully saturated rings. The lowest BCUT2D eigenvalue weighted by Crippen LogP contribution is -2.00. The van der Waals surface area contributed by atoms with Crippen LogP contribution >= 0.6 is 15.9 Å². The molecule has 1 heterocycles. The minimum absolute atomic E-state index is 0.455. The molecule has 0 saturated heterocycles. The standard InChI is InChI=1S/C13H12BrN3O/c14-9-2-1-3-10(6-9)18-12-7-11(15)16-13(17-12)8-4-5-8/h1-3,6-8H,4-5H2,(H2,15,16,17). The first-order chi connectivity index (χ1) is 8.70. The zero-order valence-corrected chi connectivity index (χ0v) is 11.2. The molecule has 5 heteroatoms. The highest BCUT2D eigenvalue weighted by Gasteiger charge is 2.27. The third-order valence-electron chi connectivity index (χ3n) is 2.70. The van der Waals surface area contributed by atoms with E-state index in [1.165, 1.54) is 0 Å². The van der Waals surface area contributed by atoms with Gasteiger partial charge in [0, 0.05) is 16.5 Å². The lowest BCUT2D eigenvalue weighted by atomic mass is 10.3. The molecule has 0 amide bonds. The summed E-state index contributed by atoms with van der Waals surface area (Å²) in [6.07, 6.45) is 2.28. The number of anilines is 1. The summed E-state index contributed by atoms with van der Waals surface area (Å²) in [4.78, 5) is 8.62. The zero-order chi connectivity index (χ0) is 12.5. The second kappa shape index (κ2) is 4.57. The van der Waals surface area contributed by atoms with Gasteiger partial charge in [0.25, 0.3) is 0 Å². The van der Waals surface area contributed by atoms with Gasteiger partial charge in [-0.1, -0.05) is 22.0 Å². The number of nitrogens with zero attached hydrogens (tertiary/aromatic N) is 2. The highest BCUT2D eigenvalue weighted by molar-refractivity contribution is 9.10. The van der Waals surface area contributed by atoms with Gasteiger partial charge in [-0.25, -0.2) is 4.98 Å². The van der Waals surface area contributed by atoms with Crippen molar-refractivity contribution in [3.63, 3.8) is 0 Å². The summed E-state index contributed by atoms with van der Waals surface area (Å²) in [5.74, 6) is 2.93. The van der Waals surface area contributed by atoms with Crippen molar-refractivity contribution in [2.24, 2.45) is 0 Å². The summed E-state index contributed by atoms with van der Waals surface area (Å²) < 4.78 is 6.66. The van der Waals surface area contributed by atoms with Gasteiger partial charge in [0.15, 0.2) is 0 Å². The van der Waals surface area contributed by atoms with E-state index in [1.807, 2.05) is 24.3 Å². The normalized spacial score (nSPS) is 14.5. The van der Waals surface area contributed by atoms with Gasteiger partial charge < -0.3 is 10.5 Å². The van der Waals surface area contributed by atoms with Crippen LogP contribution in [-0.4, -0.2) is 9.97 Å². The lowest BCUT2D eigenvalue weighted by Gasteiger charge is -2.07. The van der Waals surface area contributed by atoms with Crippen LogP contribution in [0.3, 0.4) is 0 Å². The Morgan fingerprint density at radius 3 is 2.78 bits per heavy atom. The average Bonchev–Trinajstić information content (AvgIpc) is 3.11. The minimum atomic E-state index is 0.455. The quantitative estimate of drug-likeness (QED) is 0.943. The molecule has 0 aliphatic heterocycles. The Hall–Kier alpha value is -1.62. The van der Waals surface area contributed by atoms with Crippen molar-refractivity contribution in [1.29, 1.82) is 0 Å². The van der Waals surface area contributed by atoms with E-state index in [0.717, 1.165) is 28.9 Å². The van der Waals surface area contributed by atoms with Crippen molar-refractivity contribution in [2.45, 2.75) is 18.8 Å². The number of ether oxygens (including phenoxy) is 1. The Balaban J connectivity index is 1.87. The summed E-state index contributed by atoms with van der Waals surface area (Å²) >= 11 is 3.40. The molecule has 2 aromatic rings. The lowest BCUT2D eigenvalue weighted by molar-refractivity contribution is 0.459. The van der Waals surface area contributed by atoms with Crippen LogP contribution in [0.25, 0.3) is 0 Å². The molecule has 92 valence electrons. The summed E-state index contributed by atoms with van der Waals surface area (Å²) in [6.45, 7) is 0. The molecular formula is C13H12BrN3O. The van der Waals surface area contributed by atoms with E-state index in [1.54, 1.807) is 6.07 Å². The molecule has 0 bridgehead atoms. The molecule has 0 radical (unpaired) electrons. The van der Waals surface area contributed by atoms with Gasteiger partial charge in [-0.05, 0) is 31.0 Å². The van der Waals surface area contributed by atoms with Crippen LogP contribution in [0.1, 0.15) is 24.6 Å². The van der Waals surface area contributed by atoms with E-state index in [2.05, 4.69) is 25.9 Å². The van der Waals surface area contributed by atoms with E-state index in [4.69, 9.17) is 10.5 Å². The Kier molecular flexibility index (Phi) is 2.91. The van der Waals surface area contributed by atoms with Gasteiger partial charge in [0.2, 0.25) is 5.88 Å². The number of hydrogen-bond acceptors (Lipinski definition) is 4. The summed E-state index contributed by atoms with van der Waals surface area (Å²) in [5.41, 5.74) is 5.77. The van der Waals surface area contributed by atoms with E-state index >= 15 is 0 Å². The van der Waals surface area contributed by atoms with Gasteiger partial charge in [-0.15, -0.1) is 0 Å². The smallest absolute Gasteiger partial charge is 0.224 e. The molecular weight excluding hydrogens is 294 g/mol. The fraction of sp³-hybridized carbons (Fsp3) is 0.231. The topological polar surface area (TPSA) is 61.0 Å². The first kappa shape index (κ1) is 11.5. The van der Waals surface area contributed by atoms with Crippen LogP contribution in [-0.2, 0) is 0 Å². The second-order valence-corrected chi connectivity index (χ2v) is 5.24. The van der Waals surface area contributed by atoms with Crippen LogP contribution in [0.5, 0.6) is 11.6 Å². The molecule has 1 saturated carbocycles. The van der Waals surface area contributed by atoms with Crippen molar-refractivity contribution in [1.82, 2.24) is 9.97 Å². The third-order valence-corrected chi connectivity index (χ3v) is 3.19. The monoisotopic (exact) mass is 305 g/mol. The van der Waals surface area contributed by atoms with E-state index in [9.17, 15) is 0 Å². The number of nitrogens with two attached hydrogens (primary N) is 1. The molecule has 0 atom stereocenters. The van der Waals surface area contributed by atoms with Gasteiger partial charge in [0.05, 0.1) is 0 Å². The molecule has 0 spiro atoms. The summed E-state index contributed by atoms with van der Waals surface area (Å²) in [5, 5.41) is 0. The second-order valence-electron chi connectivity index (χ2n) is 4.32. The first-order valence-electron chi connectivity index (χ1n) is 5.78. The number of rotatable bonds is 3. The van der Waals surface area contributed by atoms with Crippen molar-refractivity contribution in [2.75, 3.05) is 5.73 Å². The van der Waals surface area contributed by atoms with Gasteiger partial charge >= 0.3 is 0 Å². The molecule has 3 rings (SSSR count). The molecule has 1 aliphatic rings. The Morgan fingerprint density at radius 2 is 2.06 bits per heavy atom. The average molecular weight is 306 g/mol. The van der Waals surface area contributed by atoms with Crippen molar-refractivity contribution in [3.05, 3.63) is 40.6 Å².